The van der Waals surface area contributed by atoms with Gasteiger partial charge in [-0.15, -0.1) is 6.58 Å². The van der Waals surface area contributed by atoms with E-state index in [1.165, 1.54) is 6.08 Å². The standard InChI is InChI=1S/C14H18BrNO3/c1-5-12(17)10-7-6-9(15)8-11(10)16-13(18)19-14(2,3)4/h5-8,12,17H,1H2,2-4H3,(H,16,18). The van der Waals surface area contributed by atoms with Crippen molar-refractivity contribution in [3.8, 4) is 0 Å². The Morgan fingerprint density at radius 3 is 2.68 bits per heavy atom. The number of hydrogen-bond acceptors (Lipinski definition) is 3. The van der Waals surface area contributed by atoms with Crippen molar-refractivity contribution >= 4 is 27.7 Å². The molecule has 0 saturated carbocycles. The lowest BCUT2D eigenvalue weighted by Crippen LogP contribution is -2.27. The van der Waals surface area contributed by atoms with Crippen molar-refractivity contribution in [1.82, 2.24) is 0 Å². The average molecular weight is 328 g/mol. The van der Waals surface area contributed by atoms with E-state index in [1.807, 2.05) is 0 Å². The molecule has 0 aliphatic rings. The summed E-state index contributed by atoms with van der Waals surface area (Å²) < 4.78 is 5.97. The second-order valence-corrected chi connectivity index (χ2v) is 5.95. The number of aliphatic hydroxyl groups excluding tert-OH is 1. The van der Waals surface area contributed by atoms with Crippen LogP contribution in [0.4, 0.5) is 10.5 Å². The van der Waals surface area contributed by atoms with Crippen LogP contribution >= 0.6 is 15.9 Å². The number of ether oxygens (including phenoxy) is 1. The van der Waals surface area contributed by atoms with Gasteiger partial charge in [-0.1, -0.05) is 28.1 Å². The maximum atomic E-state index is 11.7. The second kappa shape index (κ2) is 6.21. The number of amides is 1. The van der Waals surface area contributed by atoms with Gasteiger partial charge in [0.15, 0.2) is 0 Å². The third-order valence-corrected chi connectivity index (χ3v) is 2.69. The highest BCUT2D eigenvalue weighted by atomic mass is 79.9. The first kappa shape index (κ1) is 15.7. The lowest BCUT2D eigenvalue weighted by atomic mass is 10.1. The Hall–Kier alpha value is -1.33. The molecule has 2 N–H and O–H groups in total. The molecule has 0 heterocycles. The van der Waals surface area contributed by atoms with E-state index in [0.29, 0.717) is 11.3 Å². The zero-order valence-corrected chi connectivity index (χ0v) is 12.8. The van der Waals surface area contributed by atoms with Crippen molar-refractivity contribution in [2.45, 2.75) is 32.5 Å². The summed E-state index contributed by atoms with van der Waals surface area (Å²) in [5.74, 6) is 0. The minimum Gasteiger partial charge on any atom is -0.444 e. The summed E-state index contributed by atoms with van der Waals surface area (Å²) in [6.07, 6.45) is -0.0232. The van der Waals surface area contributed by atoms with E-state index in [4.69, 9.17) is 4.74 Å². The van der Waals surface area contributed by atoms with E-state index in [-0.39, 0.29) is 0 Å². The molecule has 104 valence electrons. The average Bonchev–Trinajstić information content (AvgIpc) is 2.25. The van der Waals surface area contributed by atoms with Gasteiger partial charge in [-0.25, -0.2) is 4.79 Å². The van der Waals surface area contributed by atoms with Crippen LogP contribution in [-0.4, -0.2) is 16.8 Å². The molecule has 0 bridgehead atoms. The predicted octanol–water partition coefficient (Wildman–Crippen LogP) is 4.02. The first-order valence-electron chi connectivity index (χ1n) is 5.83. The van der Waals surface area contributed by atoms with Gasteiger partial charge in [-0.3, -0.25) is 5.32 Å². The molecule has 0 aliphatic heterocycles. The number of halogens is 1. The normalized spacial score (nSPS) is 12.7. The first-order valence-corrected chi connectivity index (χ1v) is 6.62. The molecule has 1 unspecified atom stereocenters. The molecule has 0 radical (unpaired) electrons. The van der Waals surface area contributed by atoms with Crippen LogP contribution in [-0.2, 0) is 4.74 Å². The number of hydrogen-bond donors (Lipinski definition) is 2. The Morgan fingerprint density at radius 1 is 1.53 bits per heavy atom. The molecule has 0 aromatic heterocycles. The molecule has 1 atom stereocenters. The van der Waals surface area contributed by atoms with Crippen LogP contribution in [0.1, 0.15) is 32.4 Å². The first-order chi connectivity index (χ1) is 8.73. The summed E-state index contributed by atoms with van der Waals surface area (Å²) in [5.41, 5.74) is 0.466. The van der Waals surface area contributed by atoms with Crippen LogP contribution in [0.5, 0.6) is 0 Å². The molecule has 5 heteroatoms. The minimum absolute atomic E-state index is 0.482. The third-order valence-electron chi connectivity index (χ3n) is 2.19. The van der Waals surface area contributed by atoms with Crippen LogP contribution in [0.2, 0.25) is 0 Å². The molecule has 1 aromatic rings. The van der Waals surface area contributed by atoms with Crippen molar-refractivity contribution in [1.29, 1.82) is 0 Å². The van der Waals surface area contributed by atoms with Gasteiger partial charge >= 0.3 is 6.09 Å². The molecule has 1 rings (SSSR count). The highest BCUT2D eigenvalue weighted by molar-refractivity contribution is 9.10. The smallest absolute Gasteiger partial charge is 0.412 e. The summed E-state index contributed by atoms with van der Waals surface area (Å²) in [4.78, 5) is 11.7. The Kier molecular flexibility index (Phi) is 5.14. The fourth-order valence-corrected chi connectivity index (χ4v) is 1.80. The van der Waals surface area contributed by atoms with Crippen molar-refractivity contribution in [2.75, 3.05) is 5.32 Å². The van der Waals surface area contributed by atoms with Crippen LogP contribution in [0.15, 0.2) is 35.3 Å². The maximum Gasteiger partial charge on any atom is 0.412 e. The van der Waals surface area contributed by atoms with E-state index in [0.717, 1.165) is 4.47 Å². The SMILES string of the molecule is C=CC(O)c1ccc(Br)cc1NC(=O)OC(C)(C)C. The predicted molar refractivity (Wildman–Crippen MR) is 79.2 cm³/mol. The summed E-state index contributed by atoms with van der Waals surface area (Å²) in [6.45, 7) is 8.89. The highest BCUT2D eigenvalue weighted by Crippen LogP contribution is 2.27. The minimum atomic E-state index is -0.849. The zero-order valence-electron chi connectivity index (χ0n) is 11.2. The van der Waals surface area contributed by atoms with Crippen LogP contribution < -0.4 is 5.32 Å². The van der Waals surface area contributed by atoms with E-state index in [1.54, 1.807) is 39.0 Å². The van der Waals surface area contributed by atoms with Gasteiger partial charge in [0.2, 0.25) is 0 Å². The van der Waals surface area contributed by atoms with Crippen molar-refractivity contribution in [3.63, 3.8) is 0 Å². The summed E-state index contributed by atoms with van der Waals surface area (Å²) in [7, 11) is 0. The highest BCUT2D eigenvalue weighted by Gasteiger charge is 2.18. The molecule has 1 aromatic carbocycles. The van der Waals surface area contributed by atoms with E-state index < -0.39 is 17.8 Å². The molecule has 0 fully saturated rings. The quantitative estimate of drug-likeness (QED) is 0.824. The molecule has 19 heavy (non-hydrogen) atoms. The number of nitrogens with one attached hydrogen (secondary N) is 1. The van der Waals surface area contributed by atoms with Gasteiger partial charge in [0, 0.05) is 10.0 Å². The topological polar surface area (TPSA) is 58.6 Å². The summed E-state index contributed by atoms with van der Waals surface area (Å²) in [6, 6.07) is 5.19. The lowest BCUT2D eigenvalue weighted by molar-refractivity contribution is 0.0635. The Morgan fingerprint density at radius 2 is 2.16 bits per heavy atom. The van der Waals surface area contributed by atoms with Crippen molar-refractivity contribution < 1.29 is 14.6 Å². The van der Waals surface area contributed by atoms with Gasteiger partial charge in [-0.05, 0) is 32.9 Å². The molecule has 1 amide bonds. The molecule has 0 spiro atoms. The van der Waals surface area contributed by atoms with E-state index >= 15 is 0 Å². The fourth-order valence-electron chi connectivity index (χ4n) is 1.44. The number of rotatable bonds is 3. The molecular weight excluding hydrogens is 310 g/mol. The largest absolute Gasteiger partial charge is 0.444 e. The molecule has 0 aliphatic carbocycles. The van der Waals surface area contributed by atoms with Crippen molar-refractivity contribution in [3.05, 3.63) is 40.9 Å². The van der Waals surface area contributed by atoms with E-state index in [9.17, 15) is 9.90 Å². The summed E-state index contributed by atoms with van der Waals surface area (Å²) >= 11 is 3.32. The summed E-state index contributed by atoms with van der Waals surface area (Å²) in [5, 5.41) is 12.4. The van der Waals surface area contributed by atoms with Crippen LogP contribution in [0.25, 0.3) is 0 Å². The number of aliphatic hydroxyl groups is 1. The second-order valence-electron chi connectivity index (χ2n) is 5.04. The number of benzene rings is 1. The van der Waals surface area contributed by atoms with Crippen molar-refractivity contribution in [2.24, 2.45) is 0 Å². The Balaban J connectivity index is 2.96. The van der Waals surface area contributed by atoms with Gasteiger partial charge in [0.05, 0.1) is 11.8 Å². The van der Waals surface area contributed by atoms with Crippen LogP contribution in [0, 0.1) is 0 Å². The van der Waals surface area contributed by atoms with Gasteiger partial charge in [-0.2, -0.15) is 0 Å². The zero-order chi connectivity index (χ0) is 14.6. The van der Waals surface area contributed by atoms with E-state index in [2.05, 4.69) is 27.8 Å². The molecule has 4 nitrogen and oxygen atoms in total. The van der Waals surface area contributed by atoms with Crippen LogP contribution in [0.3, 0.4) is 0 Å². The fraction of sp³-hybridized carbons (Fsp3) is 0.357. The molecule has 0 saturated heterocycles. The van der Waals surface area contributed by atoms with Gasteiger partial charge < -0.3 is 9.84 Å². The lowest BCUT2D eigenvalue weighted by Gasteiger charge is -2.21. The third kappa shape index (κ3) is 5.04. The van der Waals surface area contributed by atoms with Gasteiger partial charge in [0.1, 0.15) is 5.60 Å². The maximum absolute atomic E-state index is 11.7. The number of carbonyl (C=O) groups excluding carboxylic acids is 1. The Bertz CT molecular complexity index is 480. The Labute approximate surface area is 121 Å². The number of anilines is 1. The molecular formula is C14H18BrNO3. The monoisotopic (exact) mass is 327 g/mol. The van der Waals surface area contributed by atoms with Gasteiger partial charge in [0.25, 0.3) is 0 Å². The number of carbonyl (C=O) groups is 1.